The van der Waals surface area contributed by atoms with Crippen molar-refractivity contribution in [2.24, 2.45) is 0 Å². The van der Waals surface area contributed by atoms with E-state index >= 15 is 0 Å². The highest BCUT2D eigenvalue weighted by Gasteiger charge is 2.37. The van der Waals surface area contributed by atoms with Gasteiger partial charge < -0.3 is 10.3 Å². The summed E-state index contributed by atoms with van der Waals surface area (Å²) in [4.78, 5) is 15.9. The summed E-state index contributed by atoms with van der Waals surface area (Å²) in [7, 11) is 0. The number of carbonyl (C=O) groups is 1. The molecule has 1 amide bonds. The summed E-state index contributed by atoms with van der Waals surface area (Å²) in [5.74, 6) is -1.81. The molecule has 0 bridgehead atoms. The monoisotopic (exact) mass is 544 g/mol. The second kappa shape index (κ2) is 9.73. The summed E-state index contributed by atoms with van der Waals surface area (Å²) in [6.45, 7) is 0. The number of hydrogen-bond donors (Lipinski definition) is 2. The minimum atomic E-state index is -5.10. The molecule has 0 saturated carbocycles. The molecular formula is C26H17F9N2O. The van der Waals surface area contributed by atoms with E-state index in [1.165, 1.54) is 12.1 Å². The van der Waals surface area contributed by atoms with Gasteiger partial charge in [-0.05, 0) is 47.5 Å². The van der Waals surface area contributed by atoms with Crippen molar-refractivity contribution < 1.29 is 44.3 Å². The van der Waals surface area contributed by atoms with E-state index in [-0.39, 0.29) is 11.6 Å². The van der Waals surface area contributed by atoms with Gasteiger partial charge in [-0.15, -0.1) is 0 Å². The fraction of sp³-hybridized carbons (Fsp3) is 0.192. The minimum Gasteiger partial charge on any atom is -0.361 e. The van der Waals surface area contributed by atoms with Crippen LogP contribution in [0.4, 0.5) is 45.2 Å². The zero-order valence-corrected chi connectivity index (χ0v) is 19.0. The topological polar surface area (TPSA) is 44.9 Å². The van der Waals surface area contributed by atoms with Crippen molar-refractivity contribution in [1.82, 2.24) is 4.98 Å². The fourth-order valence-corrected chi connectivity index (χ4v) is 4.12. The minimum absolute atomic E-state index is 0.0629. The number of amides is 1. The van der Waals surface area contributed by atoms with Gasteiger partial charge in [-0.2, -0.15) is 39.5 Å². The summed E-state index contributed by atoms with van der Waals surface area (Å²) >= 11 is 0. The maximum atomic E-state index is 13.2. The maximum Gasteiger partial charge on any atom is 0.416 e. The lowest BCUT2D eigenvalue weighted by molar-refractivity contribution is -0.143. The predicted octanol–water partition coefficient (Wildman–Crippen LogP) is 8.39. The molecule has 4 aromatic rings. The molecule has 200 valence electrons. The van der Waals surface area contributed by atoms with E-state index in [0.29, 0.717) is 28.6 Å². The highest BCUT2D eigenvalue weighted by molar-refractivity contribution is 5.93. The lowest BCUT2D eigenvalue weighted by Gasteiger charge is -2.19. The number of para-hydroxylation sites is 1. The molecule has 0 aliphatic heterocycles. The average molecular weight is 544 g/mol. The van der Waals surface area contributed by atoms with E-state index < -0.39 is 59.2 Å². The van der Waals surface area contributed by atoms with Gasteiger partial charge in [-0.25, -0.2) is 0 Å². The summed E-state index contributed by atoms with van der Waals surface area (Å²) < 4.78 is 118. The first-order chi connectivity index (χ1) is 17.6. The van der Waals surface area contributed by atoms with Crippen LogP contribution in [0.1, 0.15) is 40.2 Å². The second-order valence-electron chi connectivity index (χ2n) is 8.51. The Hall–Kier alpha value is -3.96. The molecule has 3 nitrogen and oxygen atoms in total. The smallest absolute Gasteiger partial charge is 0.361 e. The molecular weight excluding hydrogens is 527 g/mol. The number of halogens is 9. The molecule has 0 aliphatic carbocycles. The molecule has 1 unspecified atom stereocenters. The number of fused-ring (bicyclic) bond motifs is 1. The van der Waals surface area contributed by atoms with Crippen LogP contribution in [0.25, 0.3) is 10.9 Å². The standard InChI is InChI=1S/C26H17F9N2O/c27-24(28,29)15-7-5-14(6-8-15)20(21-13-36-22-4-2-1-3-19(21)22)12-23(38)37-18-10-16(25(30,31)32)9-17(11-18)26(33,34)35/h1-11,13,20,36H,12H2,(H,37,38). The van der Waals surface area contributed by atoms with Crippen molar-refractivity contribution in [3.63, 3.8) is 0 Å². The molecule has 0 aliphatic rings. The van der Waals surface area contributed by atoms with Gasteiger partial charge in [0, 0.05) is 35.1 Å². The SMILES string of the molecule is O=C(CC(c1ccc(C(F)(F)F)cc1)c1c[nH]c2ccccc12)Nc1cc(C(F)(F)F)cc(C(F)(F)F)c1. The zero-order valence-electron chi connectivity index (χ0n) is 19.0. The molecule has 0 radical (unpaired) electrons. The van der Waals surface area contributed by atoms with Crippen molar-refractivity contribution in [1.29, 1.82) is 0 Å². The largest absolute Gasteiger partial charge is 0.416 e. The molecule has 0 saturated heterocycles. The number of nitrogens with one attached hydrogen (secondary N) is 2. The van der Waals surface area contributed by atoms with E-state index in [0.717, 1.165) is 12.1 Å². The summed E-state index contributed by atoms with van der Waals surface area (Å²) in [6, 6.07) is 11.6. The second-order valence-corrected chi connectivity index (χ2v) is 8.51. The van der Waals surface area contributed by atoms with Crippen LogP contribution < -0.4 is 5.32 Å². The molecule has 1 aromatic heterocycles. The van der Waals surface area contributed by atoms with Crippen LogP contribution in [0, 0.1) is 0 Å². The van der Waals surface area contributed by atoms with Crippen molar-refractivity contribution in [2.75, 3.05) is 5.32 Å². The molecule has 4 rings (SSSR count). The summed E-state index contributed by atoms with van der Waals surface area (Å²) in [5, 5.41) is 2.73. The number of anilines is 1. The number of hydrogen-bond acceptors (Lipinski definition) is 1. The third-order valence-electron chi connectivity index (χ3n) is 5.90. The van der Waals surface area contributed by atoms with Crippen LogP contribution in [-0.2, 0) is 23.3 Å². The first kappa shape index (κ1) is 27.1. The van der Waals surface area contributed by atoms with Crippen molar-refractivity contribution in [3.8, 4) is 0 Å². The number of alkyl halides is 9. The number of aromatic amines is 1. The Labute approximate surface area is 209 Å². The van der Waals surface area contributed by atoms with Crippen LogP contribution in [0.5, 0.6) is 0 Å². The first-order valence-electron chi connectivity index (χ1n) is 11.0. The van der Waals surface area contributed by atoms with E-state index in [9.17, 15) is 44.3 Å². The van der Waals surface area contributed by atoms with Gasteiger partial charge in [-0.3, -0.25) is 4.79 Å². The Morgan fingerprint density at radius 1 is 0.737 bits per heavy atom. The number of benzene rings is 3. The highest BCUT2D eigenvalue weighted by atomic mass is 19.4. The van der Waals surface area contributed by atoms with Gasteiger partial charge in [0.2, 0.25) is 5.91 Å². The summed E-state index contributed by atoms with van der Waals surface area (Å²) in [6.07, 6.45) is -13.7. The van der Waals surface area contributed by atoms with Crippen LogP contribution in [0.2, 0.25) is 0 Å². The summed E-state index contributed by atoms with van der Waals surface area (Å²) in [5.41, 5.74) is -3.38. The van der Waals surface area contributed by atoms with Gasteiger partial charge in [-0.1, -0.05) is 30.3 Å². The Balaban J connectivity index is 1.70. The Kier molecular flexibility index (Phi) is 6.94. The van der Waals surface area contributed by atoms with E-state index in [1.807, 2.05) is 0 Å². The van der Waals surface area contributed by atoms with Crippen LogP contribution in [0.3, 0.4) is 0 Å². The lowest BCUT2D eigenvalue weighted by Crippen LogP contribution is -2.18. The van der Waals surface area contributed by atoms with Gasteiger partial charge >= 0.3 is 18.5 Å². The van der Waals surface area contributed by atoms with E-state index in [2.05, 4.69) is 10.3 Å². The average Bonchev–Trinajstić information content (AvgIpc) is 3.25. The van der Waals surface area contributed by atoms with Crippen LogP contribution in [-0.4, -0.2) is 10.9 Å². The number of rotatable bonds is 5. The van der Waals surface area contributed by atoms with Crippen molar-refractivity contribution in [2.45, 2.75) is 30.9 Å². The molecule has 12 heteroatoms. The van der Waals surface area contributed by atoms with Crippen LogP contribution >= 0.6 is 0 Å². The third-order valence-corrected chi connectivity index (χ3v) is 5.90. The third kappa shape index (κ3) is 5.95. The number of carbonyl (C=O) groups excluding carboxylic acids is 1. The highest BCUT2D eigenvalue weighted by Crippen LogP contribution is 2.39. The molecule has 0 fully saturated rings. The Morgan fingerprint density at radius 3 is 1.84 bits per heavy atom. The molecule has 1 heterocycles. The molecule has 2 N–H and O–H groups in total. The predicted molar refractivity (Wildman–Crippen MR) is 121 cm³/mol. The number of H-pyrrole nitrogens is 1. The lowest BCUT2D eigenvalue weighted by atomic mass is 9.87. The van der Waals surface area contributed by atoms with Gasteiger partial charge in [0.15, 0.2) is 0 Å². The molecule has 38 heavy (non-hydrogen) atoms. The normalized spacial score (nSPS) is 13.5. The quantitative estimate of drug-likeness (QED) is 0.244. The fourth-order valence-electron chi connectivity index (χ4n) is 4.12. The van der Waals surface area contributed by atoms with Gasteiger partial charge in [0.1, 0.15) is 0 Å². The molecule has 3 aromatic carbocycles. The van der Waals surface area contributed by atoms with Crippen LogP contribution in [0.15, 0.2) is 72.9 Å². The molecule has 1 atom stereocenters. The van der Waals surface area contributed by atoms with Gasteiger partial charge in [0.05, 0.1) is 16.7 Å². The first-order valence-corrected chi connectivity index (χ1v) is 11.0. The maximum absolute atomic E-state index is 13.2. The Morgan fingerprint density at radius 2 is 1.29 bits per heavy atom. The van der Waals surface area contributed by atoms with Gasteiger partial charge in [0.25, 0.3) is 0 Å². The van der Waals surface area contributed by atoms with Crippen molar-refractivity contribution >= 4 is 22.5 Å². The van der Waals surface area contributed by atoms with E-state index in [4.69, 9.17) is 0 Å². The van der Waals surface area contributed by atoms with E-state index in [1.54, 1.807) is 30.5 Å². The Bertz CT molecular complexity index is 1420. The zero-order chi connectivity index (χ0) is 27.9. The number of aromatic nitrogens is 1. The molecule has 0 spiro atoms. The van der Waals surface area contributed by atoms with Crippen molar-refractivity contribution in [3.05, 3.63) is 101 Å².